The third-order valence-corrected chi connectivity index (χ3v) is 3.86. The lowest BCUT2D eigenvalue weighted by Crippen LogP contribution is -2.12. The van der Waals surface area contributed by atoms with E-state index in [1.165, 1.54) is 16.7 Å². The molecule has 2 aromatic carbocycles. The average molecular weight is 304 g/mol. The smallest absolute Gasteiger partial charge is 0.284 e. The van der Waals surface area contributed by atoms with E-state index < -0.39 is 11.4 Å². The molecule has 0 aromatic heterocycles. The van der Waals surface area contributed by atoms with Gasteiger partial charge in [0.1, 0.15) is 0 Å². The van der Waals surface area contributed by atoms with Crippen LogP contribution in [0, 0.1) is 13.8 Å². The Labute approximate surface area is 128 Å². The van der Waals surface area contributed by atoms with Crippen LogP contribution in [-0.4, -0.2) is 15.4 Å². The van der Waals surface area contributed by atoms with Gasteiger partial charge in [-0.2, -0.15) is 4.21 Å². The summed E-state index contributed by atoms with van der Waals surface area (Å²) < 4.78 is 24.5. The van der Waals surface area contributed by atoms with Crippen LogP contribution in [-0.2, 0) is 22.0 Å². The molecule has 0 aliphatic rings. The highest BCUT2D eigenvalue weighted by Gasteiger charge is 2.14. The minimum absolute atomic E-state index is 0.0596. The monoisotopic (exact) mass is 304 g/mol. The Hall–Kier alpha value is -1.49. The normalized spacial score (nSPS) is 13.9. The van der Waals surface area contributed by atoms with E-state index in [0.717, 1.165) is 12.0 Å². The first-order chi connectivity index (χ1) is 10.0. The van der Waals surface area contributed by atoms with Crippen LogP contribution in [0.3, 0.4) is 0 Å². The number of benzene rings is 2. The van der Waals surface area contributed by atoms with E-state index in [0.29, 0.717) is 0 Å². The Bertz CT molecular complexity index is 590. The zero-order chi connectivity index (χ0) is 15.2. The van der Waals surface area contributed by atoms with Crippen molar-refractivity contribution in [2.75, 3.05) is 6.61 Å². The summed E-state index contributed by atoms with van der Waals surface area (Å²) in [5, 5.41) is 0. The zero-order valence-corrected chi connectivity index (χ0v) is 13.1. The van der Waals surface area contributed by atoms with Crippen molar-refractivity contribution in [3.8, 4) is 0 Å². The van der Waals surface area contributed by atoms with Crippen LogP contribution in [0.4, 0.5) is 0 Å². The summed E-state index contributed by atoms with van der Waals surface area (Å²) in [5.74, 6) is 0.0596. The molecule has 0 saturated heterocycles. The first-order valence-electron chi connectivity index (χ1n) is 6.91. The van der Waals surface area contributed by atoms with Crippen LogP contribution in [0.1, 0.15) is 28.2 Å². The van der Waals surface area contributed by atoms with Crippen molar-refractivity contribution >= 4 is 11.4 Å². The predicted octanol–water partition coefficient (Wildman–Crippen LogP) is 3.78. The van der Waals surface area contributed by atoms with E-state index in [-0.39, 0.29) is 12.5 Å². The quantitative estimate of drug-likeness (QED) is 0.826. The SMILES string of the molecule is Cc1ccc(CC(COS(=O)O)c2ccc(C)cc2)cc1. The van der Waals surface area contributed by atoms with Gasteiger partial charge in [-0.05, 0) is 31.4 Å². The van der Waals surface area contributed by atoms with E-state index in [9.17, 15) is 4.21 Å². The van der Waals surface area contributed by atoms with Gasteiger partial charge in [0.2, 0.25) is 0 Å². The molecule has 0 radical (unpaired) electrons. The molecule has 0 fully saturated rings. The lowest BCUT2D eigenvalue weighted by atomic mass is 9.92. The van der Waals surface area contributed by atoms with Gasteiger partial charge in [0.15, 0.2) is 0 Å². The molecular formula is C17H20O3S. The molecule has 0 spiro atoms. The molecule has 4 heteroatoms. The molecule has 0 bridgehead atoms. The second kappa shape index (κ2) is 7.50. The fourth-order valence-electron chi connectivity index (χ4n) is 2.26. The van der Waals surface area contributed by atoms with Gasteiger partial charge >= 0.3 is 11.4 Å². The van der Waals surface area contributed by atoms with Gasteiger partial charge in [0, 0.05) is 5.92 Å². The van der Waals surface area contributed by atoms with Crippen molar-refractivity contribution < 1.29 is 12.9 Å². The van der Waals surface area contributed by atoms with E-state index in [1.807, 2.05) is 19.1 Å². The molecule has 0 saturated carbocycles. The summed E-state index contributed by atoms with van der Waals surface area (Å²) in [5.41, 5.74) is 4.72. The molecule has 0 aliphatic heterocycles. The van der Waals surface area contributed by atoms with Crippen molar-refractivity contribution in [3.63, 3.8) is 0 Å². The number of hydrogen-bond donors (Lipinski definition) is 1. The Kier molecular flexibility index (Phi) is 5.67. The summed E-state index contributed by atoms with van der Waals surface area (Å²) in [7, 11) is 0. The highest BCUT2D eigenvalue weighted by molar-refractivity contribution is 7.74. The second-order valence-electron chi connectivity index (χ2n) is 5.30. The van der Waals surface area contributed by atoms with Gasteiger partial charge in [-0.15, -0.1) is 0 Å². The fourth-order valence-corrected chi connectivity index (χ4v) is 2.54. The lowest BCUT2D eigenvalue weighted by Gasteiger charge is -2.17. The molecular weight excluding hydrogens is 284 g/mol. The van der Waals surface area contributed by atoms with Gasteiger partial charge in [0.05, 0.1) is 6.61 Å². The topological polar surface area (TPSA) is 46.5 Å². The number of hydrogen-bond acceptors (Lipinski definition) is 2. The summed E-state index contributed by atoms with van der Waals surface area (Å²) in [4.78, 5) is 0. The third kappa shape index (κ3) is 5.08. The van der Waals surface area contributed by atoms with Crippen molar-refractivity contribution in [3.05, 3.63) is 70.8 Å². The fraction of sp³-hybridized carbons (Fsp3) is 0.294. The summed E-state index contributed by atoms with van der Waals surface area (Å²) >= 11 is -2.23. The second-order valence-corrected chi connectivity index (χ2v) is 5.97. The molecule has 2 aromatic rings. The van der Waals surface area contributed by atoms with E-state index in [2.05, 4.69) is 43.3 Å². The van der Waals surface area contributed by atoms with Crippen molar-refractivity contribution in [1.82, 2.24) is 0 Å². The maximum Gasteiger partial charge on any atom is 0.301 e. The Balaban J connectivity index is 2.16. The van der Waals surface area contributed by atoms with Gasteiger partial charge in [0.25, 0.3) is 0 Å². The number of rotatable bonds is 6. The van der Waals surface area contributed by atoms with Crippen molar-refractivity contribution in [1.29, 1.82) is 0 Å². The van der Waals surface area contributed by atoms with Crippen LogP contribution in [0.2, 0.25) is 0 Å². The molecule has 0 heterocycles. The molecule has 3 nitrogen and oxygen atoms in total. The van der Waals surface area contributed by atoms with Crippen LogP contribution >= 0.6 is 0 Å². The zero-order valence-electron chi connectivity index (χ0n) is 12.3. The highest BCUT2D eigenvalue weighted by Crippen LogP contribution is 2.22. The maximum absolute atomic E-state index is 10.8. The summed E-state index contributed by atoms with van der Waals surface area (Å²) in [6.45, 7) is 4.32. The predicted molar refractivity (Wildman–Crippen MR) is 85.5 cm³/mol. The van der Waals surface area contributed by atoms with Crippen LogP contribution in [0.25, 0.3) is 0 Å². The van der Waals surface area contributed by atoms with Gasteiger partial charge in [-0.3, -0.25) is 8.74 Å². The van der Waals surface area contributed by atoms with Crippen molar-refractivity contribution in [2.45, 2.75) is 26.2 Å². The first-order valence-corrected chi connectivity index (χ1v) is 7.94. The van der Waals surface area contributed by atoms with E-state index >= 15 is 0 Å². The maximum atomic E-state index is 10.8. The highest BCUT2D eigenvalue weighted by atomic mass is 32.2. The Morgan fingerprint density at radius 1 is 1.00 bits per heavy atom. The van der Waals surface area contributed by atoms with Crippen molar-refractivity contribution in [2.24, 2.45) is 0 Å². The molecule has 1 N–H and O–H groups in total. The lowest BCUT2D eigenvalue weighted by molar-refractivity contribution is 0.281. The number of aryl methyl sites for hydroxylation is 2. The van der Waals surface area contributed by atoms with Gasteiger partial charge in [-0.25, -0.2) is 0 Å². The van der Waals surface area contributed by atoms with Crippen LogP contribution in [0.5, 0.6) is 0 Å². The Morgan fingerprint density at radius 3 is 2.05 bits per heavy atom. The van der Waals surface area contributed by atoms with E-state index in [1.54, 1.807) is 0 Å². The molecule has 2 atom stereocenters. The molecule has 0 aliphatic carbocycles. The minimum atomic E-state index is -2.23. The van der Waals surface area contributed by atoms with Gasteiger partial charge in [-0.1, -0.05) is 59.7 Å². The molecule has 2 unspecified atom stereocenters. The van der Waals surface area contributed by atoms with Crippen LogP contribution < -0.4 is 0 Å². The largest absolute Gasteiger partial charge is 0.301 e. The summed E-state index contributed by atoms with van der Waals surface area (Å²) in [6.07, 6.45) is 0.778. The van der Waals surface area contributed by atoms with Gasteiger partial charge < -0.3 is 0 Å². The average Bonchev–Trinajstić information content (AvgIpc) is 2.46. The Morgan fingerprint density at radius 2 is 1.52 bits per heavy atom. The molecule has 112 valence electrons. The van der Waals surface area contributed by atoms with Crippen LogP contribution in [0.15, 0.2) is 48.5 Å². The third-order valence-electron chi connectivity index (χ3n) is 3.52. The summed E-state index contributed by atoms with van der Waals surface area (Å²) in [6, 6.07) is 16.5. The molecule has 0 amide bonds. The standard InChI is InChI=1S/C17H20O3S/c1-13-3-7-15(8-4-13)11-17(12-20-21(18)19)16-9-5-14(2)6-10-16/h3-10,17H,11-12H2,1-2H3,(H,18,19). The molecule has 21 heavy (non-hydrogen) atoms. The first kappa shape index (κ1) is 15.9. The molecule has 2 rings (SSSR count). The minimum Gasteiger partial charge on any atom is -0.284 e. The van der Waals surface area contributed by atoms with E-state index in [4.69, 9.17) is 8.74 Å².